The van der Waals surface area contributed by atoms with E-state index in [-0.39, 0.29) is 5.97 Å². The second kappa shape index (κ2) is 6.61. The molecule has 0 fully saturated rings. The summed E-state index contributed by atoms with van der Waals surface area (Å²) in [5, 5.41) is 0. The number of hydrogen-bond acceptors (Lipinski definition) is 4. The van der Waals surface area contributed by atoms with Gasteiger partial charge in [-0.15, -0.1) is 0 Å². The Bertz CT molecular complexity index is 395. The summed E-state index contributed by atoms with van der Waals surface area (Å²) in [6.45, 7) is 4.10. The van der Waals surface area contributed by atoms with Crippen LogP contribution < -0.4 is 10.5 Å². The lowest BCUT2D eigenvalue weighted by molar-refractivity contribution is -0.150. The van der Waals surface area contributed by atoms with Crippen molar-refractivity contribution in [2.24, 2.45) is 5.73 Å². The van der Waals surface area contributed by atoms with E-state index in [0.29, 0.717) is 18.9 Å². The average Bonchev–Trinajstić information content (AvgIpc) is 2.31. The zero-order valence-corrected chi connectivity index (χ0v) is 11.5. The monoisotopic (exact) mass is 301 g/mol. The predicted molar refractivity (Wildman–Crippen MR) is 68.8 cm³/mol. The predicted octanol–water partition coefficient (Wildman–Crippen LogP) is 2.24. The Morgan fingerprint density at radius 2 is 2.24 bits per heavy atom. The molecule has 1 rings (SSSR count). The zero-order chi connectivity index (χ0) is 12.8. The van der Waals surface area contributed by atoms with Gasteiger partial charge in [0, 0.05) is 12.1 Å². The van der Waals surface area contributed by atoms with Crippen LogP contribution in [0.5, 0.6) is 5.75 Å². The first-order valence-corrected chi connectivity index (χ1v) is 6.20. The number of halogens is 1. The SMILES string of the molecule is CCOC(=O)C(C)Oc1c(Br)cccc1CN. The first kappa shape index (κ1) is 14.0. The fourth-order valence-electron chi connectivity index (χ4n) is 1.33. The number of ether oxygens (including phenoxy) is 2. The van der Waals surface area contributed by atoms with Gasteiger partial charge in [0.2, 0.25) is 0 Å². The number of carbonyl (C=O) groups is 1. The van der Waals surface area contributed by atoms with Gasteiger partial charge >= 0.3 is 5.97 Å². The molecule has 0 aliphatic rings. The second-order valence-corrected chi connectivity index (χ2v) is 4.30. The summed E-state index contributed by atoms with van der Waals surface area (Å²) in [5.74, 6) is 0.210. The average molecular weight is 302 g/mol. The molecule has 0 bridgehead atoms. The minimum absolute atomic E-state index is 0.340. The third-order valence-electron chi connectivity index (χ3n) is 2.18. The van der Waals surface area contributed by atoms with Crippen LogP contribution in [0.3, 0.4) is 0 Å². The van der Waals surface area contributed by atoms with Gasteiger partial charge < -0.3 is 15.2 Å². The Labute approximate surface area is 109 Å². The van der Waals surface area contributed by atoms with E-state index in [9.17, 15) is 4.79 Å². The summed E-state index contributed by atoms with van der Waals surface area (Å²) in [7, 11) is 0. The van der Waals surface area contributed by atoms with Crippen LogP contribution in [-0.2, 0) is 16.1 Å². The fraction of sp³-hybridized carbons (Fsp3) is 0.417. The molecule has 1 unspecified atom stereocenters. The number of esters is 1. The van der Waals surface area contributed by atoms with Gasteiger partial charge in [0.05, 0.1) is 11.1 Å². The van der Waals surface area contributed by atoms with E-state index >= 15 is 0 Å². The van der Waals surface area contributed by atoms with Crippen LogP contribution in [0.4, 0.5) is 0 Å². The summed E-state index contributed by atoms with van der Waals surface area (Å²) in [5.41, 5.74) is 6.46. The van der Waals surface area contributed by atoms with E-state index in [1.54, 1.807) is 13.8 Å². The lowest BCUT2D eigenvalue weighted by atomic mass is 10.2. The van der Waals surface area contributed by atoms with E-state index in [1.165, 1.54) is 0 Å². The van der Waals surface area contributed by atoms with Crippen LogP contribution in [0.15, 0.2) is 22.7 Å². The Hall–Kier alpha value is -1.07. The molecule has 1 aromatic rings. The molecule has 1 atom stereocenters. The molecule has 0 heterocycles. The molecule has 17 heavy (non-hydrogen) atoms. The molecule has 94 valence electrons. The van der Waals surface area contributed by atoms with E-state index in [0.717, 1.165) is 10.0 Å². The molecule has 0 aliphatic carbocycles. The topological polar surface area (TPSA) is 61.5 Å². The molecule has 1 aromatic carbocycles. The highest BCUT2D eigenvalue weighted by molar-refractivity contribution is 9.10. The maximum Gasteiger partial charge on any atom is 0.347 e. The van der Waals surface area contributed by atoms with Gasteiger partial charge in [0.25, 0.3) is 0 Å². The van der Waals surface area contributed by atoms with Gasteiger partial charge in [-0.1, -0.05) is 12.1 Å². The van der Waals surface area contributed by atoms with Crippen molar-refractivity contribution in [1.82, 2.24) is 0 Å². The lowest BCUT2D eigenvalue weighted by Crippen LogP contribution is -2.26. The van der Waals surface area contributed by atoms with Crippen LogP contribution in [-0.4, -0.2) is 18.7 Å². The summed E-state index contributed by atoms with van der Waals surface area (Å²) in [6.07, 6.45) is -0.654. The molecule has 5 heteroatoms. The maximum absolute atomic E-state index is 11.5. The number of carbonyl (C=O) groups excluding carboxylic acids is 1. The molecule has 0 saturated carbocycles. The van der Waals surface area contributed by atoms with Crippen molar-refractivity contribution >= 4 is 21.9 Å². The Kier molecular flexibility index (Phi) is 5.44. The highest BCUT2D eigenvalue weighted by Crippen LogP contribution is 2.29. The Morgan fingerprint density at radius 1 is 1.53 bits per heavy atom. The second-order valence-electron chi connectivity index (χ2n) is 3.44. The summed E-state index contributed by atoms with van der Waals surface area (Å²) < 4.78 is 11.2. The molecular weight excluding hydrogens is 286 g/mol. The lowest BCUT2D eigenvalue weighted by Gasteiger charge is -2.17. The molecule has 0 saturated heterocycles. The van der Waals surface area contributed by atoms with Crippen molar-refractivity contribution < 1.29 is 14.3 Å². The van der Waals surface area contributed by atoms with Gasteiger partial charge in [-0.2, -0.15) is 0 Å². The largest absolute Gasteiger partial charge is 0.478 e. The number of benzene rings is 1. The van der Waals surface area contributed by atoms with Crippen LogP contribution in [0, 0.1) is 0 Å². The number of hydrogen-bond donors (Lipinski definition) is 1. The molecule has 0 aliphatic heterocycles. The highest BCUT2D eigenvalue weighted by Gasteiger charge is 2.18. The minimum Gasteiger partial charge on any atom is -0.478 e. The van der Waals surface area contributed by atoms with E-state index in [4.69, 9.17) is 15.2 Å². The van der Waals surface area contributed by atoms with Gasteiger partial charge in [-0.05, 0) is 35.8 Å². The zero-order valence-electron chi connectivity index (χ0n) is 9.90. The third kappa shape index (κ3) is 3.71. The third-order valence-corrected chi connectivity index (χ3v) is 2.81. The van der Waals surface area contributed by atoms with Crippen LogP contribution in [0.1, 0.15) is 19.4 Å². The normalized spacial score (nSPS) is 12.0. The summed E-state index contributed by atoms with van der Waals surface area (Å²) in [6, 6.07) is 5.57. The standard InChI is InChI=1S/C12H16BrNO3/c1-3-16-12(15)8(2)17-11-9(7-14)5-4-6-10(11)13/h4-6,8H,3,7,14H2,1-2H3. The minimum atomic E-state index is -0.654. The molecule has 0 spiro atoms. The smallest absolute Gasteiger partial charge is 0.347 e. The Balaban J connectivity index is 2.83. The van der Waals surface area contributed by atoms with Crippen LogP contribution >= 0.6 is 15.9 Å². The first-order chi connectivity index (χ1) is 8.10. The summed E-state index contributed by atoms with van der Waals surface area (Å²) in [4.78, 5) is 11.5. The highest BCUT2D eigenvalue weighted by atomic mass is 79.9. The van der Waals surface area contributed by atoms with Gasteiger partial charge in [-0.3, -0.25) is 0 Å². The molecule has 0 radical (unpaired) electrons. The summed E-state index contributed by atoms with van der Waals surface area (Å²) >= 11 is 3.37. The van der Waals surface area contributed by atoms with Gasteiger partial charge in [0.15, 0.2) is 6.10 Å². The van der Waals surface area contributed by atoms with Crippen molar-refractivity contribution in [2.45, 2.75) is 26.5 Å². The van der Waals surface area contributed by atoms with Crippen molar-refractivity contribution in [3.63, 3.8) is 0 Å². The van der Waals surface area contributed by atoms with E-state index < -0.39 is 6.10 Å². The van der Waals surface area contributed by atoms with Crippen molar-refractivity contribution in [3.8, 4) is 5.75 Å². The van der Waals surface area contributed by atoms with E-state index in [2.05, 4.69) is 15.9 Å². The van der Waals surface area contributed by atoms with Crippen LogP contribution in [0.25, 0.3) is 0 Å². The molecule has 0 aromatic heterocycles. The molecular formula is C12H16BrNO3. The Morgan fingerprint density at radius 3 is 2.82 bits per heavy atom. The fourth-order valence-corrected chi connectivity index (χ4v) is 1.83. The van der Waals surface area contributed by atoms with Crippen molar-refractivity contribution in [1.29, 1.82) is 0 Å². The molecule has 2 N–H and O–H groups in total. The van der Waals surface area contributed by atoms with Crippen molar-refractivity contribution in [2.75, 3.05) is 6.61 Å². The van der Waals surface area contributed by atoms with Gasteiger partial charge in [-0.25, -0.2) is 4.79 Å². The quantitative estimate of drug-likeness (QED) is 0.847. The number of para-hydroxylation sites is 1. The van der Waals surface area contributed by atoms with Crippen molar-refractivity contribution in [3.05, 3.63) is 28.2 Å². The van der Waals surface area contributed by atoms with E-state index in [1.807, 2.05) is 18.2 Å². The number of rotatable bonds is 5. The molecule has 0 amide bonds. The van der Waals surface area contributed by atoms with Gasteiger partial charge in [0.1, 0.15) is 5.75 Å². The molecule has 4 nitrogen and oxygen atoms in total. The number of nitrogens with two attached hydrogens (primary N) is 1. The van der Waals surface area contributed by atoms with Crippen LogP contribution in [0.2, 0.25) is 0 Å². The maximum atomic E-state index is 11.5. The first-order valence-electron chi connectivity index (χ1n) is 5.40.